The highest BCUT2D eigenvalue weighted by atomic mass is 16.5. The second kappa shape index (κ2) is 6.13. The molecule has 0 amide bonds. The fourth-order valence-corrected chi connectivity index (χ4v) is 2.98. The van der Waals surface area contributed by atoms with Gasteiger partial charge in [0.05, 0.1) is 12.6 Å². The zero-order chi connectivity index (χ0) is 16.4. The van der Waals surface area contributed by atoms with E-state index < -0.39 is 0 Å². The Labute approximate surface area is 140 Å². The molecule has 0 N–H and O–H groups in total. The minimum atomic E-state index is 0.791. The Morgan fingerprint density at radius 3 is 2.25 bits per heavy atom. The van der Waals surface area contributed by atoms with Crippen molar-refractivity contribution in [3.05, 3.63) is 78.9 Å². The molecule has 0 spiro atoms. The summed E-state index contributed by atoms with van der Waals surface area (Å²) in [5.41, 5.74) is 4.85. The van der Waals surface area contributed by atoms with Gasteiger partial charge in [-0.15, -0.1) is 10.2 Å². The summed E-state index contributed by atoms with van der Waals surface area (Å²) in [5.74, 6) is 0.791. The molecule has 3 aromatic carbocycles. The van der Waals surface area contributed by atoms with Crippen molar-refractivity contribution in [3.63, 3.8) is 0 Å². The van der Waals surface area contributed by atoms with Gasteiger partial charge < -0.3 is 4.74 Å². The largest absolute Gasteiger partial charge is 0.496 e. The lowest BCUT2D eigenvalue weighted by atomic mass is 9.95. The summed E-state index contributed by atoms with van der Waals surface area (Å²) in [7, 11) is 1.68. The van der Waals surface area contributed by atoms with Gasteiger partial charge >= 0.3 is 0 Å². The zero-order valence-electron chi connectivity index (χ0n) is 13.3. The van der Waals surface area contributed by atoms with Crippen molar-refractivity contribution in [2.75, 3.05) is 7.11 Å². The average Bonchev–Trinajstić information content (AvgIpc) is 2.67. The van der Waals surface area contributed by atoms with Crippen LogP contribution in [0.25, 0.3) is 33.3 Å². The van der Waals surface area contributed by atoms with Gasteiger partial charge in [0, 0.05) is 16.5 Å². The highest BCUT2D eigenvalue weighted by Crippen LogP contribution is 2.38. The molecule has 0 radical (unpaired) electrons. The van der Waals surface area contributed by atoms with Crippen molar-refractivity contribution in [1.29, 1.82) is 0 Å². The predicted molar refractivity (Wildman–Crippen MR) is 97.0 cm³/mol. The molecular weight excluding hydrogens is 296 g/mol. The second-order valence-corrected chi connectivity index (χ2v) is 5.51. The molecule has 0 atom stereocenters. The van der Waals surface area contributed by atoms with Gasteiger partial charge in [0.2, 0.25) is 0 Å². The summed E-state index contributed by atoms with van der Waals surface area (Å²) < 4.78 is 5.53. The van der Waals surface area contributed by atoms with Gasteiger partial charge in [0.25, 0.3) is 0 Å². The first-order valence-corrected chi connectivity index (χ1v) is 7.82. The number of rotatable bonds is 3. The number of hydrogen-bond donors (Lipinski definition) is 0. The molecule has 3 nitrogen and oxygen atoms in total. The molecule has 0 aliphatic carbocycles. The zero-order valence-corrected chi connectivity index (χ0v) is 13.3. The van der Waals surface area contributed by atoms with Crippen LogP contribution in [-0.4, -0.2) is 17.3 Å². The summed E-state index contributed by atoms with van der Waals surface area (Å²) in [6, 6.07) is 26.3. The normalized spacial score (nSPS) is 10.7. The van der Waals surface area contributed by atoms with Crippen LogP contribution in [0, 0.1) is 0 Å². The third kappa shape index (κ3) is 2.40. The maximum Gasteiger partial charge on any atom is 0.128 e. The summed E-state index contributed by atoms with van der Waals surface area (Å²) in [6.45, 7) is 0. The minimum absolute atomic E-state index is 0.791. The van der Waals surface area contributed by atoms with Gasteiger partial charge in [-0.05, 0) is 23.8 Å². The number of fused-ring (bicyclic) bond motifs is 1. The van der Waals surface area contributed by atoms with E-state index in [-0.39, 0.29) is 0 Å². The van der Waals surface area contributed by atoms with Crippen molar-refractivity contribution >= 4 is 10.9 Å². The minimum Gasteiger partial charge on any atom is -0.496 e. The maximum atomic E-state index is 5.53. The van der Waals surface area contributed by atoms with E-state index in [9.17, 15) is 0 Å². The van der Waals surface area contributed by atoms with Crippen molar-refractivity contribution < 1.29 is 4.74 Å². The van der Waals surface area contributed by atoms with E-state index in [1.165, 1.54) is 0 Å². The first kappa shape index (κ1) is 14.4. The quantitative estimate of drug-likeness (QED) is 0.535. The van der Waals surface area contributed by atoms with E-state index >= 15 is 0 Å². The molecule has 0 saturated carbocycles. The van der Waals surface area contributed by atoms with Crippen LogP contribution < -0.4 is 4.74 Å². The van der Waals surface area contributed by atoms with Crippen LogP contribution in [0.5, 0.6) is 5.75 Å². The molecule has 4 rings (SSSR count). The summed E-state index contributed by atoms with van der Waals surface area (Å²) in [6.07, 6.45) is 0. The Balaban J connectivity index is 2.10. The molecule has 116 valence electrons. The molecule has 4 aromatic rings. The lowest BCUT2D eigenvalue weighted by Gasteiger charge is -2.14. The van der Waals surface area contributed by atoms with Gasteiger partial charge in [-0.25, -0.2) is 0 Å². The Morgan fingerprint density at radius 2 is 1.42 bits per heavy atom. The molecule has 0 aliphatic heterocycles. The standard InChI is InChI=1S/C21H16N2O/c1-24-19-14-8-6-12-17(19)21-20(15-9-3-2-4-10-15)16-11-5-7-13-18(16)22-23-21/h2-14H,1H3. The van der Waals surface area contributed by atoms with Crippen LogP contribution >= 0.6 is 0 Å². The summed E-state index contributed by atoms with van der Waals surface area (Å²) in [4.78, 5) is 0. The predicted octanol–water partition coefficient (Wildman–Crippen LogP) is 4.97. The smallest absolute Gasteiger partial charge is 0.128 e. The van der Waals surface area contributed by atoms with Crippen molar-refractivity contribution in [2.45, 2.75) is 0 Å². The van der Waals surface area contributed by atoms with E-state index in [4.69, 9.17) is 4.74 Å². The average molecular weight is 312 g/mol. The van der Waals surface area contributed by atoms with Crippen molar-refractivity contribution in [3.8, 4) is 28.1 Å². The van der Waals surface area contributed by atoms with Crippen LogP contribution in [0.3, 0.4) is 0 Å². The van der Waals surface area contributed by atoms with Crippen molar-refractivity contribution in [2.24, 2.45) is 0 Å². The van der Waals surface area contributed by atoms with Crippen LogP contribution in [0.4, 0.5) is 0 Å². The lowest BCUT2D eigenvalue weighted by Crippen LogP contribution is -1.97. The summed E-state index contributed by atoms with van der Waals surface area (Å²) >= 11 is 0. The first-order chi connectivity index (χ1) is 11.9. The second-order valence-electron chi connectivity index (χ2n) is 5.51. The first-order valence-electron chi connectivity index (χ1n) is 7.82. The third-order valence-electron chi connectivity index (χ3n) is 4.09. The molecule has 1 heterocycles. The number of methoxy groups -OCH3 is 1. The lowest BCUT2D eigenvalue weighted by molar-refractivity contribution is 0.416. The Hall–Kier alpha value is -3.20. The highest BCUT2D eigenvalue weighted by molar-refractivity contribution is 6.01. The maximum absolute atomic E-state index is 5.53. The number of aromatic nitrogens is 2. The molecule has 0 unspecified atom stereocenters. The van der Waals surface area contributed by atoms with Gasteiger partial charge in [-0.1, -0.05) is 60.7 Å². The molecule has 1 aromatic heterocycles. The molecule has 3 heteroatoms. The molecule has 24 heavy (non-hydrogen) atoms. The number of ether oxygens (including phenoxy) is 1. The molecule has 0 saturated heterocycles. The number of para-hydroxylation sites is 1. The number of benzene rings is 3. The molecule has 0 aliphatic rings. The number of hydrogen-bond acceptors (Lipinski definition) is 3. The Morgan fingerprint density at radius 1 is 0.708 bits per heavy atom. The topological polar surface area (TPSA) is 35.0 Å². The molecular formula is C21H16N2O. The third-order valence-corrected chi connectivity index (χ3v) is 4.09. The van der Waals surface area contributed by atoms with Crippen LogP contribution in [0.15, 0.2) is 78.9 Å². The van der Waals surface area contributed by atoms with Gasteiger partial charge in [-0.3, -0.25) is 0 Å². The number of nitrogens with zero attached hydrogens (tertiary/aromatic N) is 2. The highest BCUT2D eigenvalue weighted by Gasteiger charge is 2.16. The van der Waals surface area contributed by atoms with Gasteiger partial charge in [0.15, 0.2) is 0 Å². The van der Waals surface area contributed by atoms with Crippen LogP contribution in [0.1, 0.15) is 0 Å². The molecule has 0 bridgehead atoms. The van der Waals surface area contributed by atoms with E-state index in [0.717, 1.165) is 39.0 Å². The fourth-order valence-electron chi connectivity index (χ4n) is 2.98. The van der Waals surface area contributed by atoms with Gasteiger partial charge in [-0.2, -0.15) is 0 Å². The van der Waals surface area contributed by atoms with E-state index in [1.807, 2.05) is 60.7 Å². The molecule has 0 fully saturated rings. The monoisotopic (exact) mass is 312 g/mol. The Bertz CT molecular complexity index is 997. The Kier molecular flexibility index (Phi) is 3.67. The SMILES string of the molecule is COc1ccccc1-c1nnc2ccccc2c1-c1ccccc1. The van der Waals surface area contributed by atoms with E-state index in [1.54, 1.807) is 7.11 Å². The fraction of sp³-hybridized carbons (Fsp3) is 0.0476. The van der Waals surface area contributed by atoms with Gasteiger partial charge in [0.1, 0.15) is 11.4 Å². The van der Waals surface area contributed by atoms with E-state index in [2.05, 4.69) is 28.4 Å². The van der Waals surface area contributed by atoms with Crippen LogP contribution in [-0.2, 0) is 0 Å². The van der Waals surface area contributed by atoms with E-state index in [0.29, 0.717) is 0 Å². The van der Waals surface area contributed by atoms with Crippen LogP contribution in [0.2, 0.25) is 0 Å². The summed E-state index contributed by atoms with van der Waals surface area (Å²) in [5, 5.41) is 10.0. The van der Waals surface area contributed by atoms with Crippen molar-refractivity contribution in [1.82, 2.24) is 10.2 Å².